The molecule has 6 aromatic carbocycles. The van der Waals surface area contributed by atoms with Crippen LogP contribution in [0.1, 0.15) is 89.0 Å². The first-order valence-corrected chi connectivity index (χ1v) is 21.7. The van der Waals surface area contributed by atoms with Gasteiger partial charge in [0, 0.05) is 43.1 Å². The number of epoxide rings is 2. The summed E-state index contributed by atoms with van der Waals surface area (Å²) in [6.45, 7) is 37.6. The van der Waals surface area contributed by atoms with Gasteiger partial charge in [-0.3, -0.25) is 0 Å². The summed E-state index contributed by atoms with van der Waals surface area (Å²) in [5.74, 6) is 3.35. The Morgan fingerprint density at radius 1 is 0.350 bits per heavy atom. The molecule has 318 valence electrons. The monoisotopic (exact) mass is 812 g/mol. The lowest BCUT2D eigenvalue weighted by Gasteiger charge is -2.27. The third kappa shape index (κ3) is 6.58. The maximum Gasteiger partial charge on any atom is 0.135 e. The highest BCUT2D eigenvalue weighted by atomic mass is 16.6. The third-order valence-electron chi connectivity index (χ3n) is 15.0. The molecule has 2 fully saturated rings. The van der Waals surface area contributed by atoms with Crippen LogP contribution in [0.4, 0.5) is 0 Å². The largest absolute Gasteiger partial charge is 0.489 e. The first-order valence-electron chi connectivity index (χ1n) is 21.7. The van der Waals surface area contributed by atoms with Crippen LogP contribution < -0.4 is 18.9 Å². The molecule has 0 aliphatic carbocycles. The Morgan fingerprint density at radius 3 is 0.717 bits per heavy atom. The van der Waals surface area contributed by atoms with E-state index in [4.69, 9.17) is 28.4 Å². The molecule has 1 N–H and O–H groups in total. The summed E-state index contributed by atoms with van der Waals surface area (Å²) in [5.41, 5.74) is 19.2. The van der Waals surface area contributed by atoms with Crippen LogP contribution in [0.3, 0.4) is 0 Å². The molecule has 0 spiro atoms. The highest BCUT2D eigenvalue weighted by Crippen LogP contribution is 2.52. The van der Waals surface area contributed by atoms with Gasteiger partial charge in [0.15, 0.2) is 0 Å². The number of aryl methyl sites for hydroxylation is 8. The molecular weight excluding hydrogens is 749 g/mol. The molecule has 2 aliphatic heterocycles. The fraction of sp³-hybridized carbons (Fsp3) is 0.472. The normalized spacial score (nSPS) is 16.7. The van der Waals surface area contributed by atoms with Gasteiger partial charge in [-0.25, -0.2) is 0 Å². The van der Waals surface area contributed by atoms with Gasteiger partial charge in [-0.15, -0.1) is 0 Å². The number of fused-ring (bicyclic) bond motifs is 4. The van der Waals surface area contributed by atoms with Crippen molar-refractivity contribution in [3.63, 3.8) is 0 Å². The highest BCUT2D eigenvalue weighted by Gasteiger charge is 2.31. The molecule has 2 unspecified atom stereocenters. The summed E-state index contributed by atoms with van der Waals surface area (Å²) >= 11 is 0. The minimum atomic E-state index is -0.937. The zero-order valence-corrected chi connectivity index (χ0v) is 38.9. The maximum absolute atomic E-state index is 12.0. The van der Waals surface area contributed by atoms with Crippen molar-refractivity contribution in [3.8, 4) is 23.0 Å². The number of rotatable bonds is 12. The summed E-state index contributed by atoms with van der Waals surface area (Å²) in [6.07, 6.45) is -0.717. The van der Waals surface area contributed by atoms with Crippen LogP contribution >= 0.6 is 0 Å². The molecule has 60 heavy (non-hydrogen) atoms. The Bertz CT molecular complexity index is 2450. The molecule has 6 aromatic rings. The summed E-state index contributed by atoms with van der Waals surface area (Å²) in [5, 5.41) is 20.4. The summed E-state index contributed by atoms with van der Waals surface area (Å²) in [4.78, 5) is 0. The van der Waals surface area contributed by atoms with E-state index in [0.29, 0.717) is 13.2 Å². The zero-order chi connectivity index (χ0) is 43.4. The SMILES string of the molecule is Cc1c(C)c(C)c2c(OCC3CO3)c3c(C)c(C)c(C)c(C)c3c(OCC(O)COc3c4c(C)c(C)c(C)c(C)c4c(OCC4CO4)c4c(C)c(C)c(C)c(C)c34)c2c1C. The molecule has 7 nitrogen and oxygen atoms in total. The van der Waals surface area contributed by atoms with E-state index in [0.717, 1.165) is 102 Å². The second-order valence-corrected chi connectivity index (χ2v) is 18.1. The van der Waals surface area contributed by atoms with Crippen LogP contribution in [0.2, 0.25) is 0 Å². The molecule has 0 amide bonds. The fourth-order valence-corrected chi connectivity index (χ4v) is 9.69. The Labute approximate surface area is 356 Å². The van der Waals surface area contributed by atoms with Crippen molar-refractivity contribution in [2.75, 3.05) is 39.6 Å². The topological polar surface area (TPSA) is 82.2 Å². The molecule has 0 bridgehead atoms. The molecule has 7 heteroatoms. The van der Waals surface area contributed by atoms with E-state index >= 15 is 0 Å². The minimum absolute atomic E-state index is 0.0435. The minimum Gasteiger partial charge on any atom is -0.489 e. The van der Waals surface area contributed by atoms with Crippen molar-refractivity contribution in [1.29, 1.82) is 0 Å². The van der Waals surface area contributed by atoms with Crippen LogP contribution in [-0.4, -0.2) is 63.1 Å². The molecule has 2 atom stereocenters. The van der Waals surface area contributed by atoms with Gasteiger partial charge < -0.3 is 33.5 Å². The van der Waals surface area contributed by atoms with Crippen molar-refractivity contribution < 1.29 is 33.5 Å². The number of hydrogen-bond acceptors (Lipinski definition) is 7. The molecular formula is C53H64O7. The Balaban J connectivity index is 1.27. The molecule has 2 aliphatic rings. The van der Waals surface area contributed by atoms with Crippen LogP contribution in [0.15, 0.2) is 0 Å². The average molecular weight is 813 g/mol. The predicted molar refractivity (Wildman–Crippen MR) is 246 cm³/mol. The first kappa shape index (κ1) is 42.1. The van der Waals surface area contributed by atoms with Crippen molar-refractivity contribution in [1.82, 2.24) is 0 Å². The molecule has 8 rings (SSSR count). The standard InChI is InChI=1S/C53H64O7/c1-23-27(5)35(13)46-42(31(23)9)50(43-32(10)24(2)28(6)36(14)47(43)52(46)59-21-40-19-55-40)57-17-39(54)18-58-51-44-33(11)25(3)29(7)37(15)48(44)53(60-22-41-20-56-41)49-38(16)30(8)26(4)34(12)45(49)51/h39-41,54H,17-22H2,1-16H3. The third-order valence-corrected chi connectivity index (χ3v) is 15.0. The highest BCUT2D eigenvalue weighted by molar-refractivity contribution is 6.17. The lowest BCUT2D eigenvalue weighted by atomic mass is 9.84. The molecule has 2 saturated heterocycles. The van der Waals surface area contributed by atoms with E-state index in [-0.39, 0.29) is 25.4 Å². The number of hydrogen-bond donors (Lipinski definition) is 1. The van der Waals surface area contributed by atoms with E-state index in [1.807, 2.05) is 0 Å². The van der Waals surface area contributed by atoms with Gasteiger partial charge >= 0.3 is 0 Å². The number of aliphatic hydroxyl groups excluding tert-OH is 1. The smallest absolute Gasteiger partial charge is 0.135 e. The van der Waals surface area contributed by atoms with Gasteiger partial charge in [-0.1, -0.05) is 0 Å². The maximum atomic E-state index is 12.0. The summed E-state index contributed by atoms with van der Waals surface area (Å²) in [6, 6.07) is 0. The van der Waals surface area contributed by atoms with Crippen LogP contribution in [-0.2, 0) is 9.47 Å². The van der Waals surface area contributed by atoms with E-state index in [1.54, 1.807) is 0 Å². The van der Waals surface area contributed by atoms with Gasteiger partial charge in [0.05, 0.1) is 13.2 Å². The summed E-state index contributed by atoms with van der Waals surface area (Å²) in [7, 11) is 0. The van der Waals surface area contributed by atoms with Gasteiger partial charge in [-0.05, 0) is 200 Å². The quantitative estimate of drug-likeness (QED) is 0.0973. The van der Waals surface area contributed by atoms with Crippen LogP contribution in [0.5, 0.6) is 23.0 Å². The van der Waals surface area contributed by atoms with Crippen molar-refractivity contribution >= 4 is 43.1 Å². The number of benzene rings is 6. The summed E-state index contributed by atoms with van der Waals surface area (Å²) < 4.78 is 38.8. The lowest BCUT2D eigenvalue weighted by Crippen LogP contribution is -2.25. The molecule has 2 heterocycles. The Morgan fingerprint density at radius 2 is 0.533 bits per heavy atom. The second kappa shape index (κ2) is 15.4. The van der Waals surface area contributed by atoms with E-state index in [2.05, 4.69) is 111 Å². The molecule has 0 radical (unpaired) electrons. The predicted octanol–water partition coefficient (Wildman–Crippen LogP) is 11.6. The van der Waals surface area contributed by atoms with Gasteiger partial charge in [0.1, 0.15) is 67.7 Å². The average Bonchev–Trinajstić information content (AvgIpc) is 4.18. The van der Waals surface area contributed by atoms with E-state index in [1.165, 1.54) is 66.8 Å². The van der Waals surface area contributed by atoms with Crippen LogP contribution in [0, 0.1) is 111 Å². The molecule has 0 saturated carbocycles. The fourth-order valence-electron chi connectivity index (χ4n) is 9.69. The zero-order valence-electron chi connectivity index (χ0n) is 38.9. The van der Waals surface area contributed by atoms with Crippen molar-refractivity contribution in [2.45, 2.75) is 129 Å². The number of ether oxygens (including phenoxy) is 6. The van der Waals surface area contributed by atoms with Gasteiger partial charge in [0.25, 0.3) is 0 Å². The second-order valence-electron chi connectivity index (χ2n) is 18.1. The van der Waals surface area contributed by atoms with E-state index in [9.17, 15) is 5.11 Å². The van der Waals surface area contributed by atoms with Crippen molar-refractivity contribution in [2.24, 2.45) is 0 Å². The number of aliphatic hydroxyl groups is 1. The van der Waals surface area contributed by atoms with Crippen LogP contribution in [0.25, 0.3) is 43.1 Å². The Kier molecular flexibility index (Phi) is 10.8. The van der Waals surface area contributed by atoms with Gasteiger partial charge in [-0.2, -0.15) is 0 Å². The molecule has 0 aromatic heterocycles. The van der Waals surface area contributed by atoms with E-state index < -0.39 is 6.10 Å². The van der Waals surface area contributed by atoms with Crippen molar-refractivity contribution in [3.05, 3.63) is 89.0 Å². The first-order chi connectivity index (χ1) is 28.4. The lowest BCUT2D eigenvalue weighted by molar-refractivity contribution is 0.0647. The Hall–Kier alpha value is -4.56. The van der Waals surface area contributed by atoms with Gasteiger partial charge in [0.2, 0.25) is 0 Å².